The Labute approximate surface area is 115 Å². The normalized spacial score (nSPS) is 11.4. The third kappa shape index (κ3) is 3.11. The van der Waals surface area contributed by atoms with Gasteiger partial charge in [0.1, 0.15) is 11.6 Å². The standard InChI is InChI=1S/C12H7ClF4N2O/c13-8-4-7(14)1-2-9(8)20-10-3-6(12(15,16)17)5-19-11(10)18/h1-5H,(H2,18,19). The second-order valence-electron chi connectivity index (χ2n) is 3.78. The van der Waals surface area contributed by atoms with Gasteiger partial charge in [-0.2, -0.15) is 13.2 Å². The smallest absolute Gasteiger partial charge is 0.418 e. The molecule has 0 atom stereocenters. The minimum Gasteiger partial charge on any atom is -0.452 e. The number of anilines is 1. The predicted molar refractivity (Wildman–Crippen MR) is 65.1 cm³/mol. The highest BCUT2D eigenvalue weighted by Crippen LogP contribution is 2.36. The number of nitrogens with two attached hydrogens (primary N) is 1. The summed E-state index contributed by atoms with van der Waals surface area (Å²) in [6.07, 6.45) is -3.99. The summed E-state index contributed by atoms with van der Waals surface area (Å²) in [5.41, 5.74) is 4.43. The molecule has 1 aromatic carbocycles. The zero-order valence-corrected chi connectivity index (χ0v) is 10.5. The summed E-state index contributed by atoms with van der Waals surface area (Å²) in [5, 5.41) is -0.0955. The Morgan fingerprint density at radius 2 is 1.85 bits per heavy atom. The van der Waals surface area contributed by atoms with Crippen molar-refractivity contribution in [3.05, 3.63) is 46.9 Å². The number of rotatable bonds is 2. The molecule has 0 bridgehead atoms. The van der Waals surface area contributed by atoms with E-state index in [1.165, 1.54) is 6.07 Å². The van der Waals surface area contributed by atoms with E-state index >= 15 is 0 Å². The van der Waals surface area contributed by atoms with Crippen LogP contribution in [-0.2, 0) is 6.18 Å². The molecule has 0 radical (unpaired) electrons. The van der Waals surface area contributed by atoms with Gasteiger partial charge in [-0.25, -0.2) is 9.37 Å². The van der Waals surface area contributed by atoms with Crippen molar-refractivity contribution in [1.82, 2.24) is 4.98 Å². The quantitative estimate of drug-likeness (QED) is 0.843. The third-order valence-corrected chi connectivity index (χ3v) is 2.62. The van der Waals surface area contributed by atoms with E-state index in [9.17, 15) is 17.6 Å². The molecule has 0 fully saturated rings. The van der Waals surface area contributed by atoms with Crippen molar-refractivity contribution in [2.45, 2.75) is 6.18 Å². The molecule has 8 heteroatoms. The maximum absolute atomic E-state index is 12.9. The maximum Gasteiger partial charge on any atom is 0.418 e. The average Bonchev–Trinajstić information content (AvgIpc) is 2.33. The molecule has 3 nitrogen and oxygen atoms in total. The van der Waals surface area contributed by atoms with E-state index in [0.717, 1.165) is 12.1 Å². The highest BCUT2D eigenvalue weighted by molar-refractivity contribution is 6.32. The topological polar surface area (TPSA) is 48.1 Å². The van der Waals surface area contributed by atoms with Gasteiger partial charge < -0.3 is 10.5 Å². The fourth-order valence-electron chi connectivity index (χ4n) is 1.37. The van der Waals surface area contributed by atoms with Crippen molar-refractivity contribution in [2.75, 3.05) is 5.73 Å². The van der Waals surface area contributed by atoms with E-state index in [-0.39, 0.29) is 22.3 Å². The second kappa shape index (κ2) is 5.16. The van der Waals surface area contributed by atoms with Crippen LogP contribution in [0.25, 0.3) is 0 Å². The number of nitrogen functional groups attached to an aromatic ring is 1. The Morgan fingerprint density at radius 1 is 1.15 bits per heavy atom. The zero-order chi connectivity index (χ0) is 14.9. The summed E-state index contributed by atoms with van der Waals surface area (Å²) in [6, 6.07) is 3.89. The van der Waals surface area contributed by atoms with Gasteiger partial charge in [-0.3, -0.25) is 0 Å². The number of pyridine rings is 1. The van der Waals surface area contributed by atoms with E-state index in [2.05, 4.69) is 4.98 Å². The van der Waals surface area contributed by atoms with Gasteiger partial charge in [0.25, 0.3) is 0 Å². The van der Waals surface area contributed by atoms with Gasteiger partial charge in [0.15, 0.2) is 11.6 Å². The molecule has 0 unspecified atom stereocenters. The fourth-order valence-corrected chi connectivity index (χ4v) is 1.57. The molecular weight excluding hydrogens is 300 g/mol. The molecule has 0 aliphatic carbocycles. The van der Waals surface area contributed by atoms with Gasteiger partial charge in [0.2, 0.25) is 0 Å². The van der Waals surface area contributed by atoms with Crippen molar-refractivity contribution in [1.29, 1.82) is 0 Å². The van der Waals surface area contributed by atoms with Gasteiger partial charge in [0, 0.05) is 6.20 Å². The maximum atomic E-state index is 12.9. The van der Waals surface area contributed by atoms with Crippen LogP contribution in [0.4, 0.5) is 23.4 Å². The van der Waals surface area contributed by atoms with Crippen LogP contribution in [0.1, 0.15) is 5.56 Å². The number of nitrogens with zero attached hydrogens (tertiary/aromatic N) is 1. The second-order valence-corrected chi connectivity index (χ2v) is 4.19. The average molecular weight is 307 g/mol. The van der Waals surface area contributed by atoms with Crippen molar-refractivity contribution in [3.8, 4) is 11.5 Å². The van der Waals surface area contributed by atoms with Gasteiger partial charge in [-0.15, -0.1) is 0 Å². The van der Waals surface area contributed by atoms with Gasteiger partial charge in [0.05, 0.1) is 10.6 Å². The lowest BCUT2D eigenvalue weighted by molar-refractivity contribution is -0.137. The molecule has 0 saturated heterocycles. The summed E-state index contributed by atoms with van der Waals surface area (Å²) >= 11 is 5.71. The summed E-state index contributed by atoms with van der Waals surface area (Å²) in [4.78, 5) is 3.40. The number of halogens is 5. The molecule has 2 aromatic rings. The molecule has 0 spiro atoms. The molecular formula is C12H7ClF4N2O. The minimum atomic E-state index is -4.58. The number of aromatic nitrogens is 1. The molecule has 20 heavy (non-hydrogen) atoms. The molecule has 0 aliphatic rings. The first-order valence-corrected chi connectivity index (χ1v) is 5.61. The first kappa shape index (κ1) is 14.4. The van der Waals surface area contributed by atoms with Crippen LogP contribution >= 0.6 is 11.6 Å². The van der Waals surface area contributed by atoms with Crippen LogP contribution < -0.4 is 10.5 Å². The molecule has 2 rings (SSSR count). The zero-order valence-electron chi connectivity index (χ0n) is 9.71. The summed E-state index contributed by atoms with van der Waals surface area (Å²) in [6.45, 7) is 0. The molecule has 0 saturated carbocycles. The largest absolute Gasteiger partial charge is 0.452 e. The number of alkyl halides is 3. The van der Waals surface area contributed by atoms with E-state index in [1.807, 2.05) is 0 Å². The monoisotopic (exact) mass is 306 g/mol. The van der Waals surface area contributed by atoms with Crippen molar-refractivity contribution >= 4 is 17.4 Å². The van der Waals surface area contributed by atoms with Crippen LogP contribution in [0.5, 0.6) is 11.5 Å². The Bertz CT molecular complexity index is 646. The van der Waals surface area contributed by atoms with Gasteiger partial charge in [-0.05, 0) is 24.3 Å². The Morgan fingerprint density at radius 3 is 2.45 bits per heavy atom. The summed E-state index contributed by atoms with van der Waals surface area (Å²) in [5.74, 6) is -1.18. The summed E-state index contributed by atoms with van der Waals surface area (Å²) in [7, 11) is 0. The Hall–Kier alpha value is -2.02. The van der Waals surface area contributed by atoms with Crippen LogP contribution in [0.15, 0.2) is 30.5 Å². The Kier molecular flexibility index (Phi) is 3.71. The first-order chi connectivity index (χ1) is 9.27. The molecule has 0 aliphatic heterocycles. The van der Waals surface area contributed by atoms with Crippen molar-refractivity contribution in [2.24, 2.45) is 0 Å². The van der Waals surface area contributed by atoms with E-state index in [1.54, 1.807) is 0 Å². The van der Waals surface area contributed by atoms with Crippen molar-refractivity contribution in [3.63, 3.8) is 0 Å². The highest BCUT2D eigenvalue weighted by atomic mass is 35.5. The fraction of sp³-hybridized carbons (Fsp3) is 0.0833. The lowest BCUT2D eigenvalue weighted by atomic mass is 10.2. The lowest BCUT2D eigenvalue weighted by Gasteiger charge is -2.12. The molecule has 106 valence electrons. The van der Waals surface area contributed by atoms with Gasteiger partial charge >= 0.3 is 6.18 Å². The van der Waals surface area contributed by atoms with Crippen LogP contribution in [-0.4, -0.2) is 4.98 Å². The minimum absolute atomic E-state index is 0.0270. The first-order valence-electron chi connectivity index (χ1n) is 5.23. The number of ether oxygens (including phenoxy) is 1. The lowest BCUT2D eigenvalue weighted by Crippen LogP contribution is -2.07. The number of hydrogen-bond donors (Lipinski definition) is 1. The van der Waals surface area contributed by atoms with Crippen LogP contribution in [0.2, 0.25) is 5.02 Å². The number of hydrogen-bond acceptors (Lipinski definition) is 3. The molecule has 2 N–H and O–H groups in total. The third-order valence-electron chi connectivity index (χ3n) is 2.32. The van der Waals surface area contributed by atoms with E-state index < -0.39 is 17.6 Å². The van der Waals surface area contributed by atoms with Crippen LogP contribution in [0.3, 0.4) is 0 Å². The summed E-state index contributed by atoms with van der Waals surface area (Å²) < 4.78 is 55.7. The Balaban J connectivity index is 2.38. The van der Waals surface area contributed by atoms with Crippen molar-refractivity contribution < 1.29 is 22.3 Å². The SMILES string of the molecule is Nc1ncc(C(F)(F)F)cc1Oc1ccc(F)cc1Cl. The van der Waals surface area contributed by atoms with Crippen LogP contribution in [0, 0.1) is 5.82 Å². The molecule has 1 heterocycles. The van der Waals surface area contributed by atoms with E-state index in [4.69, 9.17) is 22.1 Å². The predicted octanol–water partition coefficient (Wildman–Crippen LogP) is 4.27. The number of benzene rings is 1. The molecule has 1 aromatic heterocycles. The molecule has 0 amide bonds. The van der Waals surface area contributed by atoms with E-state index in [0.29, 0.717) is 12.3 Å². The van der Waals surface area contributed by atoms with Gasteiger partial charge in [-0.1, -0.05) is 11.6 Å². The highest BCUT2D eigenvalue weighted by Gasteiger charge is 2.32.